The maximum Gasteiger partial charge on any atom is 0.501 e. The maximum absolute atomic E-state index is 5.70. The minimum absolute atomic E-state index is 0.242. The van der Waals surface area contributed by atoms with Gasteiger partial charge in [0.1, 0.15) is 0 Å². The highest BCUT2D eigenvalue weighted by Crippen LogP contribution is 1.97. The second kappa shape index (κ2) is 13.3. The number of hydrogen-bond acceptors (Lipinski definition) is 0. The minimum Gasteiger partial charge on any atom is -0.346 e. The normalized spacial score (nSPS) is 11.9. The van der Waals surface area contributed by atoms with E-state index < -0.39 is 0 Å². The third-order valence-electron chi connectivity index (χ3n) is 1.79. The molecule has 0 aliphatic heterocycles. The van der Waals surface area contributed by atoms with E-state index in [1.54, 1.807) is 0 Å². The van der Waals surface area contributed by atoms with Crippen LogP contribution in [0.4, 0.5) is 0 Å². The van der Waals surface area contributed by atoms with Gasteiger partial charge in [-0.2, -0.15) is 0 Å². The first-order valence-electron chi connectivity index (χ1n) is 5.44. The number of rotatable bonds is 8. The molecule has 0 heterocycles. The van der Waals surface area contributed by atoms with Crippen LogP contribution in [0.2, 0.25) is 4.55 Å². The predicted octanol–water partition coefficient (Wildman–Crippen LogP) is 4.51. The van der Waals surface area contributed by atoms with Gasteiger partial charge in [-0.15, -0.1) is 4.55 Å². The predicted molar refractivity (Wildman–Crippen MR) is 68.0 cm³/mol. The van der Waals surface area contributed by atoms with Crippen LogP contribution in [0.5, 0.6) is 0 Å². The molecule has 0 aromatic carbocycles. The fourth-order valence-electron chi connectivity index (χ4n) is 1.01. The fraction of sp³-hybridized carbons (Fsp3) is 0.500. The van der Waals surface area contributed by atoms with Crippen LogP contribution in [0.15, 0.2) is 36.5 Å². The number of hydrogen-bond donors (Lipinski definition) is 0. The first-order valence-corrected chi connectivity index (χ1v) is 8.58. The summed E-state index contributed by atoms with van der Waals surface area (Å²) >= 11 is -0.242. The molecule has 0 nitrogen and oxygen atoms in total. The average Bonchev–Trinajstić information content (AvgIpc) is 2.21. The zero-order valence-corrected chi connectivity index (χ0v) is 11.3. The molecule has 0 fully saturated rings. The quantitative estimate of drug-likeness (QED) is 0.246. The molecule has 0 aromatic rings. The number of unbranched alkanes of at least 4 members (excludes halogenated alkanes) is 1. The summed E-state index contributed by atoms with van der Waals surface area (Å²) in [5, 5.41) is 0. The van der Waals surface area contributed by atoms with Crippen LogP contribution >= 0.6 is 9.07 Å². The summed E-state index contributed by atoms with van der Waals surface area (Å²) in [7, 11) is 5.70. The summed E-state index contributed by atoms with van der Waals surface area (Å²) in [6.45, 7) is 2.15. The Bertz CT molecular complexity index is 183. The van der Waals surface area contributed by atoms with Crippen LogP contribution in [0.25, 0.3) is 0 Å². The molecule has 0 N–H and O–H groups in total. The smallest absolute Gasteiger partial charge is 0.346 e. The molecule has 0 rings (SSSR count). The highest BCUT2D eigenvalue weighted by molar-refractivity contribution is 6.93. The molecule has 0 spiro atoms. The van der Waals surface area contributed by atoms with Crippen LogP contribution < -0.4 is 0 Å². The standard InChI is InChI=1S/C12H19.ClH.Mg/c1-3-5-7-9-11-12-10-8-6-4-2;;/h5-8,10,12H,1,3-4,9,11H2,2H3;1H;/q;;+1/p-1/b7-5-,8-6+,12-10-;;. The monoisotopic (exact) mass is 222 g/mol. The Morgan fingerprint density at radius 2 is 1.57 bits per heavy atom. The molecule has 2 heteroatoms. The summed E-state index contributed by atoms with van der Waals surface area (Å²) in [5.74, 6) is 0. The van der Waals surface area contributed by atoms with Crippen LogP contribution in [0.3, 0.4) is 0 Å². The molecule has 0 unspecified atom stereocenters. The van der Waals surface area contributed by atoms with Gasteiger partial charge in [0, 0.05) is 0 Å². The van der Waals surface area contributed by atoms with Gasteiger partial charge >= 0.3 is 19.3 Å². The van der Waals surface area contributed by atoms with Crippen molar-refractivity contribution in [2.24, 2.45) is 0 Å². The lowest BCUT2D eigenvalue weighted by atomic mass is 10.2. The Hall–Kier alpha value is 0.276. The van der Waals surface area contributed by atoms with Crippen molar-refractivity contribution in [3.63, 3.8) is 0 Å². The zero-order chi connectivity index (χ0) is 10.5. The van der Waals surface area contributed by atoms with E-state index in [9.17, 15) is 0 Å². The van der Waals surface area contributed by atoms with Crippen molar-refractivity contribution in [1.29, 1.82) is 0 Å². The lowest BCUT2D eigenvalue weighted by Gasteiger charge is -1.87. The average molecular weight is 223 g/mol. The lowest BCUT2D eigenvalue weighted by molar-refractivity contribution is 1.04. The molecule has 76 valence electrons. The fourth-order valence-corrected chi connectivity index (χ4v) is 1.87. The topological polar surface area (TPSA) is 0 Å². The van der Waals surface area contributed by atoms with Gasteiger partial charge in [-0.05, 0) is 19.3 Å². The van der Waals surface area contributed by atoms with Crippen LogP contribution in [0, 0.1) is 0 Å². The van der Waals surface area contributed by atoms with E-state index in [2.05, 4.69) is 43.4 Å². The molecular weight excluding hydrogens is 204 g/mol. The molecule has 0 saturated carbocycles. The largest absolute Gasteiger partial charge is 0.501 e. The van der Waals surface area contributed by atoms with Gasteiger partial charge in [0.05, 0.1) is 0 Å². The second-order valence-corrected chi connectivity index (χ2v) is 5.36. The third-order valence-corrected chi connectivity index (χ3v) is 3.27. The van der Waals surface area contributed by atoms with Gasteiger partial charge in [0.2, 0.25) is 0 Å². The van der Waals surface area contributed by atoms with Crippen LogP contribution in [0.1, 0.15) is 32.6 Å². The van der Waals surface area contributed by atoms with Crippen LogP contribution in [-0.4, -0.2) is 19.3 Å². The third kappa shape index (κ3) is 12.3. The van der Waals surface area contributed by atoms with Crippen molar-refractivity contribution < 1.29 is 0 Å². The highest BCUT2D eigenvalue weighted by atomic mass is 35.5. The van der Waals surface area contributed by atoms with Gasteiger partial charge < -0.3 is 9.07 Å². The lowest BCUT2D eigenvalue weighted by Crippen LogP contribution is -1.73. The first kappa shape index (κ1) is 14.3. The molecule has 0 aliphatic carbocycles. The number of allylic oxidation sites excluding steroid dienone is 6. The van der Waals surface area contributed by atoms with Gasteiger partial charge in [-0.25, -0.2) is 0 Å². The summed E-state index contributed by atoms with van der Waals surface area (Å²) in [6.07, 6.45) is 17.7. The van der Waals surface area contributed by atoms with Gasteiger partial charge in [-0.3, -0.25) is 0 Å². The van der Waals surface area contributed by atoms with E-state index in [-0.39, 0.29) is 19.3 Å². The van der Waals surface area contributed by atoms with E-state index >= 15 is 0 Å². The molecule has 14 heavy (non-hydrogen) atoms. The summed E-state index contributed by atoms with van der Waals surface area (Å²) < 4.78 is 1.23. The number of halogens is 1. The molecule has 0 radical (unpaired) electrons. The molecule has 0 saturated heterocycles. The zero-order valence-electron chi connectivity index (χ0n) is 9.08. The molecule has 0 amide bonds. The van der Waals surface area contributed by atoms with Crippen molar-refractivity contribution in [2.75, 3.05) is 0 Å². The maximum atomic E-state index is 5.70. The molecule has 0 bridgehead atoms. The molecule has 0 aliphatic rings. The van der Waals surface area contributed by atoms with Gasteiger partial charge in [0.15, 0.2) is 0 Å². The Labute approximate surface area is 102 Å². The van der Waals surface area contributed by atoms with E-state index in [0.717, 1.165) is 19.3 Å². The Kier molecular flexibility index (Phi) is 13.5. The summed E-state index contributed by atoms with van der Waals surface area (Å²) in [4.78, 5) is 0. The summed E-state index contributed by atoms with van der Waals surface area (Å²) in [5.41, 5.74) is 0. The molecule has 0 atom stereocenters. The Morgan fingerprint density at radius 3 is 2.29 bits per heavy atom. The minimum atomic E-state index is -0.242. The van der Waals surface area contributed by atoms with Crippen molar-refractivity contribution in [3.05, 3.63) is 36.5 Å². The van der Waals surface area contributed by atoms with Gasteiger partial charge in [0.25, 0.3) is 0 Å². The van der Waals surface area contributed by atoms with Crippen molar-refractivity contribution in [3.8, 4) is 0 Å². The molecular formula is C12H19ClMg. The first-order chi connectivity index (χ1) is 6.91. The highest BCUT2D eigenvalue weighted by Gasteiger charge is 1.85. The van der Waals surface area contributed by atoms with E-state index in [4.69, 9.17) is 9.07 Å². The Balaban J connectivity index is 3.23. The van der Waals surface area contributed by atoms with E-state index in [1.165, 1.54) is 11.0 Å². The van der Waals surface area contributed by atoms with Crippen LogP contribution in [-0.2, 0) is 0 Å². The SMILES string of the molecule is CC/C=C/C=C\CC/C=C\C[CH2][Mg][Cl]. The van der Waals surface area contributed by atoms with E-state index in [1.807, 2.05) is 0 Å². The van der Waals surface area contributed by atoms with Crippen molar-refractivity contribution in [2.45, 2.75) is 37.2 Å². The molecule has 0 aromatic heterocycles. The summed E-state index contributed by atoms with van der Waals surface area (Å²) in [6, 6.07) is 0. The van der Waals surface area contributed by atoms with Crippen molar-refractivity contribution >= 4 is 28.3 Å². The second-order valence-electron chi connectivity index (χ2n) is 3.14. The van der Waals surface area contributed by atoms with Crippen molar-refractivity contribution in [1.82, 2.24) is 0 Å². The van der Waals surface area contributed by atoms with Gasteiger partial charge in [-0.1, -0.05) is 49.8 Å². The Morgan fingerprint density at radius 1 is 0.929 bits per heavy atom. The van der Waals surface area contributed by atoms with E-state index in [0.29, 0.717) is 0 Å².